The molecule has 1 N–H and O–H groups in total. The molecule has 1 aliphatic heterocycles. The number of likely N-dealkylation sites (N-methyl/N-ethyl adjacent to an activating group) is 1. The number of hydrogen-bond donors (Lipinski definition) is 1. The molecular formula is C24H32N2O6S. The van der Waals surface area contributed by atoms with Gasteiger partial charge in [0.05, 0.1) is 31.7 Å². The normalized spacial score (nSPS) is 17.1. The topological polar surface area (TPSA) is 94.2 Å². The molecule has 2 aromatic rings. The highest BCUT2D eigenvalue weighted by Crippen LogP contribution is 2.42. The van der Waals surface area contributed by atoms with E-state index in [-0.39, 0.29) is 29.0 Å². The van der Waals surface area contributed by atoms with Crippen LogP contribution in [0.3, 0.4) is 0 Å². The SMILES string of the molecule is CCC1(CC)CC(NC(=O)CN(C)S(=O)(=O)c2ccc(OC)c(OC)c2)c2ccccc2O1. The van der Waals surface area contributed by atoms with E-state index in [4.69, 9.17) is 14.2 Å². The molecule has 1 unspecified atom stereocenters. The van der Waals surface area contributed by atoms with Crippen molar-refractivity contribution in [2.75, 3.05) is 27.8 Å². The van der Waals surface area contributed by atoms with Crippen LogP contribution in [0.4, 0.5) is 0 Å². The first-order chi connectivity index (χ1) is 15.7. The van der Waals surface area contributed by atoms with E-state index in [1.807, 2.05) is 24.3 Å². The first-order valence-electron chi connectivity index (χ1n) is 11.0. The standard InChI is InChI=1S/C24H32N2O6S/c1-6-24(7-2)15-19(18-10-8-9-11-20(18)32-24)25-23(27)16-26(3)33(28,29)17-12-13-21(30-4)22(14-17)31-5/h8-14,19H,6-7,15-16H2,1-5H3,(H,25,27). The maximum atomic E-state index is 13.1. The Bertz CT molecular complexity index is 1100. The van der Waals surface area contributed by atoms with Gasteiger partial charge in [-0.25, -0.2) is 8.42 Å². The van der Waals surface area contributed by atoms with E-state index in [0.717, 1.165) is 28.5 Å². The average Bonchev–Trinajstić information content (AvgIpc) is 2.83. The van der Waals surface area contributed by atoms with E-state index in [9.17, 15) is 13.2 Å². The lowest BCUT2D eigenvalue weighted by atomic mass is 9.83. The molecule has 1 heterocycles. The minimum atomic E-state index is -3.91. The number of benzene rings is 2. The quantitative estimate of drug-likeness (QED) is 0.595. The molecule has 0 saturated carbocycles. The van der Waals surface area contributed by atoms with E-state index in [1.54, 1.807) is 0 Å². The zero-order chi connectivity index (χ0) is 24.2. The van der Waals surface area contributed by atoms with Gasteiger partial charge in [0.15, 0.2) is 11.5 Å². The van der Waals surface area contributed by atoms with Gasteiger partial charge in [0.1, 0.15) is 11.4 Å². The molecule has 1 aliphatic rings. The fourth-order valence-corrected chi connectivity index (χ4v) is 5.26. The Labute approximate surface area is 195 Å². The zero-order valence-corrected chi connectivity index (χ0v) is 20.6. The van der Waals surface area contributed by atoms with Crippen LogP contribution in [0.25, 0.3) is 0 Å². The van der Waals surface area contributed by atoms with Crippen LogP contribution in [0.2, 0.25) is 0 Å². The van der Waals surface area contributed by atoms with Crippen LogP contribution < -0.4 is 19.5 Å². The highest BCUT2D eigenvalue weighted by atomic mass is 32.2. The van der Waals surface area contributed by atoms with Crippen molar-refractivity contribution in [2.45, 2.75) is 49.6 Å². The Morgan fingerprint density at radius 2 is 1.79 bits per heavy atom. The number of carbonyl (C=O) groups is 1. The van der Waals surface area contributed by atoms with Gasteiger partial charge in [-0.15, -0.1) is 0 Å². The highest BCUT2D eigenvalue weighted by molar-refractivity contribution is 7.89. The van der Waals surface area contributed by atoms with Crippen molar-refractivity contribution in [3.05, 3.63) is 48.0 Å². The minimum absolute atomic E-state index is 0.0165. The molecule has 0 radical (unpaired) electrons. The summed E-state index contributed by atoms with van der Waals surface area (Å²) in [5.41, 5.74) is 0.526. The number of carbonyl (C=O) groups excluding carboxylic acids is 1. The molecular weight excluding hydrogens is 444 g/mol. The van der Waals surface area contributed by atoms with Gasteiger partial charge in [-0.2, -0.15) is 4.31 Å². The molecule has 33 heavy (non-hydrogen) atoms. The van der Waals surface area contributed by atoms with Crippen molar-refractivity contribution in [1.82, 2.24) is 9.62 Å². The third-order valence-electron chi connectivity index (χ3n) is 6.25. The summed E-state index contributed by atoms with van der Waals surface area (Å²) in [7, 11) is 0.377. The third-order valence-corrected chi connectivity index (χ3v) is 8.05. The molecule has 0 spiro atoms. The summed E-state index contributed by atoms with van der Waals surface area (Å²) in [4.78, 5) is 12.9. The van der Waals surface area contributed by atoms with Gasteiger partial charge in [0.25, 0.3) is 0 Å². The fraction of sp³-hybridized carbons (Fsp3) is 0.458. The number of sulfonamides is 1. The molecule has 0 fully saturated rings. The van der Waals surface area contributed by atoms with Crippen molar-refractivity contribution in [2.24, 2.45) is 0 Å². The number of nitrogens with zero attached hydrogens (tertiary/aromatic N) is 1. The lowest BCUT2D eigenvalue weighted by Crippen LogP contribution is -2.46. The molecule has 1 amide bonds. The first-order valence-corrected chi connectivity index (χ1v) is 12.4. The highest BCUT2D eigenvalue weighted by Gasteiger charge is 2.39. The van der Waals surface area contributed by atoms with Crippen LogP contribution >= 0.6 is 0 Å². The Hall–Kier alpha value is -2.78. The Balaban J connectivity index is 1.77. The van der Waals surface area contributed by atoms with E-state index >= 15 is 0 Å². The van der Waals surface area contributed by atoms with E-state index in [1.165, 1.54) is 39.5 Å². The predicted molar refractivity (Wildman–Crippen MR) is 125 cm³/mol. The molecule has 3 rings (SSSR count). The van der Waals surface area contributed by atoms with Gasteiger partial charge in [-0.3, -0.25) is 4.79 Å². The summed E-state index contributed by atoms with van der Waals surface area (Å²) in [6, 6.07) is 11.7. The molecule has 0 bridgehead atoms. The molecule has 0 aliphatic carbocycles. The van der Waals surface area contributed by atoms with Crippen LogP contribution in [0, 0.1) is 0 Å². The average molecular weight is 477 g/mol. The Morgan fingerprint density at radius 3 is 2.42 bits per heavy atom. The number of nitrogens with one attached hydrogen (secondary N) is 1. The minimum Gasteiger partial charge on any atom is -0.493 e. The molecule has 0 saturated heterocycles. The van der Waals surface area contributed by atoms with Gasteiger partial charge >= 0.3 is 0 Å². The largest absolute Gasteiger partial charge is 0.493 e. The Kier molecular flexibility index (Phi) is 7.54. The van der Waals surface area contributed by atoms with Crippen LogP contribution in [0.15, 0.2) is 47.4 Å². The van der Waals surface area contributed by atoms with Crippen molar-refractivity contribution in [3.8, 4) is 17.2 Å². The summed E-state index contributed by atoms with van der Waals surface area (Å²) in [6.07, 6.45) is 2.23. The molecule has 180 valence electrons. The molecule has 8 nitrogen and oxygen atoms in total. The van der Waals surface area contributed by atoms with Gasteiger partial charge < -0.3 is 19.5 Å². The summed E-state index contributed by atoms with van der Waals surface area (Å²) < 4.78 is 43.8. The summed E-state index contributed by atoms with van der Waals surface area (Å²) >= 11 is 0. The van der Waals surface area contributed by atoms with E-state index < -0.39 is 10.0 Å². The number of rotatable bonds is 9. The van der Waals surface area contributed by atoms with E-state index in [0.29, 0.717) is 17.9 Å². The van der Waals surface area contributed by atoms with Crippen LogP contribution in [-0.2, 0) is 14.8 Å². The monoisotopic (exact) mass is 476 g/mol. The van der Waals surface area contributed by atoms with Gasteiger partial charge in [0.2, 0.25) is 15.9 Å². The number of fused-ring (bicyclic) bond motifs is 1. The summed E-state index contributed by atoms with van der Waals surface area (Å²) in [5, 5.41) is 3.02. The molecule has 2 aromatic carbocycles. The van der Waals surface area contributed by atoms with Gasteiger partial charge in [0, 0.05) is 25.1 Å². The number of amides is 1. The second-order valence-corrected chi connectivity index (χ2v) is 10.2. The van der Waals surface area contributed by atoms with Gasteiger partial charge in [-0.1, -0.05) is 32.0 Å². The molecule has 1 atom stereocenters. The second kappa shape index (κ2) is 10.0. The fourth-order valence-electron chi connectivity index (χ4n) is 4.11. The maximum absolute atomic E-state index is 13.1. The van der Waals surface area contributed by atoms with Crippen LogP contribution in [0.5, 0.6) is 17.2 Å². The van der Waals surface area contributed by atoms with Crippen molar-refractivity contribution >= 4 is 15.9 Å². The van der Waals surface area contributed by atoms with Gasteiger partial charge in [-0.05, 0) is 31.0 Å². The van der Waals surface area contributed by atoms with E-state index in [2.05, 4.69) is 19.2 Å². The third kappa shape index (κ3) is 5.09. The van der Waals surface area contributed by atoms with Crippen molar-refractivity contribution < 1.29 is 27.4 Å². The predicted octanol–water partition coefficient (Wildman–Crippen LogP) is 3.52. The molecule has 9 heteroatoms. The number of hydrogen-bond acceptors (Lipinski definition) is 6. The zero-order valence-electron chi connectivity index (χ0n) is 19.8. The first kappa shape index (κ1) is 24.9. The van der Waals surface area contributed by atoms with Crippen molar-refractivity contribution in [3.63, 3.8) is 0 Å². The molecule has 0 aromatic heterocycles. The lowest BCUT2D eigenvalue weighted by molar-refractivity contribution is -0.122. The second-order valence-electron chi connectivity index (χ2n) is 8.13. The maximum Gasteiger partial charge on any atom is 0.243 e. The smallest absolute Gasteiger partial charge is 0.243 e. The number of para-hydroxylation sites is 1. The Morgan fingerprint density at radius 1 is 1.12 bits per heavy atom. The summed E-state index contributed by atoms with van der Waals surface area (Å²) in [5.74, 6) is 1.09. The van der Waals surface area contributed by atoms with Crippen LogP contribution in [0.1, 0.15) is 44.7 Å². The lowest BCUT2D eigenvalue weighted by Gasteiger charge is -2.41. The summed E-state index contributed by atoms with van der Waals surface area (Å²) in [6.45, 7) is 3.82. The number of ether oxygens (including phenoxy) is 3. The van der Waals surface area contributed by atoms with Crippen LogP contribution in [-0.4, -0.2) is 52.0 Å². The number of methoxy groups -OCH3 is 2. The van der Waals surface area contributed by atoms with Crippen molar-refractivity contribution in [1.29, 1.82) is 0 Å².